The van der Waals surface area contributed by atoms with Crippen LogP contribution in [0.1, 0.15) is 12.8 Å². The third-order valence-corrected chi connectivity index (χ3v) is 3.74. The van der Waals surface area contributed by atoms with Crippen molar-refractivity contribution in [3.8, 4) is 0 Å². The number of ether oxygens (including phenoxy) is 1. The van der Waals surface area contributed by atoms with E-state index in [0.717, 1.165) is 19.8 Å². The van der Waals surface area contributed by atoms with Crippen LogP contribution in [0, 0.1) is 5.92 Å². The normalized spacial score (nSPS) is 20.7. The molecule has 0 aromatic heterocycles. The maximum Gasteiger partial charge on any atom is 0.0511 e. The van der Waals surface area contributed by atoms with Crippen molar-refractivity contribution in [3.63, 3.8) is 0 Å². The van der Waals surface area contributed by atoms with Gasteiger partial charge in [-0.15, -0.1) is 11.8 Å². The predicted molar refractivity (Wildman–Crippen MR) is 70.3 cm³/mol. The number of hydrogen-bond acceptors (Lipinski definition) is 3. The van der Waals surface area contributed by atoms with E-state index in [4.69, 9.17) is 4.74 Å². The monoisotopic (exact) mass is 237 g/mol. The summed E-state index contributed by atoms with van der Waals surface area (Å²) in [6.07, 6.45) is 4.61. The SMILES string of the molecule is CSc1ccccc1NCC1CCCOC1. The molecule has 2 rings (SSSR count). The number of nitrogens with one attached hydrogen (secondary N) is 1. The molecule has 0 saturated carbocycles. The molecule has 0 amide bonds. The molecule has 16 heavy (non-hydrogen) atoms. The highest BCUT2D eigenvalue weighted by molar-refractivity contribution is 7.98. The fourth-order valence-electron chi connectivity index (χ4n) is 2.01. The fourth-order valence-corrected chi connectivity index (χ4v) is 2.59. The zero-order valence-corrected chi connectivity index (χ0v) is 10.6. The molecule has 1 aliphatic heterocycles. The lowest BCUT2D eigenvalue weighted by Gasteiger charge is -2.23. The molecule has 1 fully saturated rings. The van der Waals surface area contributed by atoms with Crippen LogP contribution in [-0.4, -0.2) is 26.0 Å². The van der Waals surface area contributed by atoms with E-state index in [-0.39, 0.29) is 0 Å². The van der Waals surface area contributed by atoms with Crippen molar-refractivity contribution in [3.05, 3.63) is 24.3 Å². The molecular weight excluding hydrogens is 218 g/mol. The molecule has 1 aliphatic rings. The lowest BCUT2D eigenvalue weighted by molar-refractivity contribution is 0.0595. The standard InChI is InChI=1S/C13H19NOS/c1-16-13-7-3-2-6-12(13)14-9-11-5-4-8-15-10-11/h2-3,6-7,11,14H,4-5,8-10H2,1H3. The Labute approximate surface area is 102 Å². The minimum Gasteiger partial charge on any atom is -0.384 e. The highest BCUT2D eigenvalue weighted by Crippen LogP contribution is 2.25. The molecule has 1 aromatic carbocycles. The number of thioether (sulfide) groups is 1. The Kier molecular flexibility index (Phi) is 4.55. The molecule has 1 aromatic rings. The van der Waals surface area contributed by atoms with Gasteiger partial charge >= 0.3 is 0 Å². The Morgan fingerprint density at radius 2 is 2.31 bits per heavy atom. The van der Waals surface area contributed by atoms with Gasteiger partial charge in [0.1, 0.15) is 0 Å². The molecule has 0 spiro atoms. The summed E-state index contributed by atoms with van der Waals surface area (Å²) in [7, 11) is 0. The first-order valence-electron chi connectivity index (χ1n) is 5.85. The van der Waals surface area contributed by atoms with Gasteiger partial charge in [0.25, 0.3) is 0 Å². The highest BCUT2D eigenvalue weighted by atomic mass is 32.2. The lowest BCUT2D eigenvalue weighted by Crippen LogP contribution is -2.24. The molecule has 1 saturated heterocycles. The zero-order chi connectivity index (χ0) is 11.2. The van der Waals surface area contributed by atoms with Gasteiger partial charge in [-0.05, 0) is 37.1 Å². The largest absolute Gasteiger partial charge is 0.384 e. The summed E-state index contributed by atoms with van der Waals surface area (Å²) in [4.78, 5) is 1.32. The van der Waals surface area contributed by atoms with Crippen molar-refractivity contribution >= 4 is 17.4 Å². The van der Waals surface area contributed by atoms with Gasteiger partial charge in [-0.1, -0.05) is 12.1 Å². The van der Waals surface area contributed by atoms with Gasteiger partial charge in [0.2, 0.25) is 0 Å². The number of rotatable bonds is 4. The van der Waals surface area contributed by atoms with Crippen LogP contribution in [0.5, 0.6) is 0 Å². The first-order valence-corrected chi connectivity index (χ1v) is 7.07. The second-order valence-electron chi connectivity index (χ2n) is 4.16. The molecule has 1 unspecified atom stereocenters. The van der Waals surface area contributed by atoms with E-state index in [9.17, 15) is 0 Å². The summed E-state index contributed by atoms with van der Waals surface area (Å²) in [5.74, 6) is 0.670. The Bertz CT molecular complexity index is 323. The van der Waals surface area contributed by atoms with Crippen LogP contribution in [0.4, 0.5) is 5.69 Å². The van der Waals surface area contributed by atoms with E-state index in [1.807, 2.05) is 0 Å². The van der Waals surface area contributed by atoms with Crippen molar-refractivity contribution in [2.75, 3.05) is 31.3 Å². The van der Waals surface area contributed by atoms with Gasteiger partial charge < -0.3 is 10.1 Å². The van der Waals surface area contributed by atoms with Gasteiger partial charge in [0.15, 0.2) is 0 Å². The number of anilines is 1. The van der Waals surface area contributed by atoms with Crippen LogP contribution >= 0.6 is 11.8 Å². The molecule has 1 heterocycles. The third kappa shape index (κ3) is 3.16. The molecule has 2 nitrogen and oxygen atoms in total. The first-order chi connectivity index (χ1) is 7.90. The zero-order valence-electron chi connectivity index (χ0n) is 9.74. The fraction of sp³-hybridized carbons (Fsp3) is 0.538. The molecule has 0 aliphatic carbocycles. The van der Waals surface area contributed by atoms with E-state index in [1.54, 1.807) is 11.8 Å². The maximum absolute atomic E-state index is 5.48. The van der Waals surface area contributed by atoms with Crippen LogP contribution in [0.25, 0.3) is 0 Å². The van der Waals surface area contributed by atoms with Gasteiger partial charge in [-0.3, -0.25) is 0 Å². The second-order valence-corrected chi connectivity index (χ2v) is 5.01. The predicted octanol–water partition coefficient (Wildman–Crippen LogP) is 3.25. The van der Waals surface area contributed by atoms with Crippen molar-refractivity contribution in [2.45, 2.75) is 17.7 Å². The molecule has 3 heteroatoms. The van der Waals surface area contributed by atoms with Crippen molar-refractivity contribution in [1.82, 2.24) is 0 Å². The second kappa shape index (κ2) is 6.16. The van der Waals surface area contributed by atoms with Gasteiger partial charge in [0.05, 0.1) is 6.61 Å². The Morgan fingerprint density at radius 1 is 1.44 bits per heavy atom. The summed E-state index contributed by atoms with van der Waals surface area (Å²) in [5, 5.41) is 3.53. The third-order valence-electron chi connectivity index (χ3n) is 2.94. The van der Waals surface area contributed by atoms with Gasteiger partial charge in [-0.25, -0.2) is 0 Å². The van der Waals surface area contributed by atoms with Crippen molar-refractivity contribution in [1.29, 1.82) is 0 Å². The average Bonchev–Trinajstić information content (AvgIpc) is 2.38. The van der Waals surface area contributed by atoms with E-state index in [2.05, 4.69) is 35.8 Å². The topological polar surface area (TPSA) is 21.3 Å². The molecule has 1 atom stereocenters. The van der Waals surface area contributed by atoms with Crippen LogP contribution in [0.15, 0.2) is 29.2 Å². The first kappa shape index (κ1) is 11.8. The Balaban J connectivity index is 1.88. The summed E-state index contributed by atoms with van der Waals surface area (Å²) >= 11 is 1.79. The quantitative estimate of drug-likeness (QED) is 0.812. The number of para-hydroxylation sites is 1. The van der Waals surface area contributed by atoms with E-state index in [0.29, 0.717) is 5.92 Å². The van der Waals surface area contributed by atoms with E-state index < -0.39 is 0 Å². The van der Waals surface area contributed by atoms with Crippen molar-refractivity contribution < 1.29 is 4.74 Å². The Morgan fingerprint density at radius 3 is 3.06 bits per heavy atom. The minimum absolute atomic E-state index is 0.670. The summed E-state index contributed by atoms with van der Waals surface area (Å²) in [5.41, 5.74) is 1.25. The molecular formula is C13H19NOS. The highest BCUT2D eigenvalue weighted by Gasteiger charge is 2.13. The maximum atomic E-state index is 5.48. The molecule has 0 bridgehead atoms. The van der Waals surface area contributed by atoms with Gasteiger partial charge in [0, 0.05) is 23.7 Å². The number of benzene rings is 1. The van der Waals surface area contributed by atoms with Crippen LogP contribution < -0.4 is 5.32 Å². The summed E-state index contributed by atoms with van der Waals surface area (Å²) in [6.45, 7) is 2.88. The molecule has 0 radical (unpaired) electrons. The molecule has 1 N–H and O–H groups in total. The Hall–Kier alpha value is -0.670. The van der Waals surface area contributed by atoms with Crippen molar-refractivity contribution in [2.24, 2.45) is 5.92 Å². The summed E-state index contributed by atoms with van der Waals surface area (Å²) in [6, 6.07) is 8.47. The smallest absolute Gasteiger partial charge is 0.0511 e. The average molecular weight is 237 g/mol. The van der Waals surface area contributed by atoms with E-state index >= 15 is 0 Å². The molecule has 88 valence electrons. The lowest BCUT2D eigenvalue weighted by atomic mass is 10.0. The van der Waals surface area contributed by atoms with Gasteiger partial charge in [-0.2, -0.15) is 0 Å². The van der Waals surface area contributed by atoms with Crippen LogP contribution in [-0.2, 0) is 4.74 Å². The summed E-state index contributed by atoms with van der Waals surface area (Å²) < 4.78 is 5.48. The minimum atomic E-state index is 0.670. The van der Waals surface area contributed by atoms with Crippen LogP contribution in [0.2, 0.25) is 0 Å². The number of hydrogen-bond donors (Lipinski definition) is 1. The van der Waals surface area contributed by atoms with E-state index in [1.165, 1.54) is 23.4 Å². The van der Waals surface area contributed by atoms with Crippen LogP contribution in [0.3, 0.4) is 0 Å².